The first kappa shape index (κ1) is 12.2. The molecule has 0 spiro atoms. The molecule has 1 saturated heterocycles. The van der Waals surface area contributed by atoms with Crippen LogP contribution in [0.15, 0.2) is 16.5 Å². The molecule has 4 nitrogen and oxygen atoms in total. The monoisotopic (exact) mass is 236 g/mol. The fourth-order valence-corrected chi connectivity index (χ4v) is 2.21. The van der Waals surface area contributed by atoms with Crippen LogP contribution in [-0.2, 0) is 6.54 Å². The lowest BCUT2D eigenvalue weighted by Gasteiger charge is -2.34. The number of furan rings is 1. The van der Waals surface area contributed by atoms with Crippen LogP contribution in [0.1, 0.15) is 36.6 Å². The molecule has 2 N–H and O–H groups in total. The van der Waals surface area contributed by atoms with Crippen molar-refractivity contribution in [3.05, 3.63) is 23.7 Å². The number of hydrogen-bond acceptors (Lipinski definition) is 3. The second-order valence-corrected chi connectivity index (χ2v) is 4.96. The van der Waals surface area contributed by atoms with Crippen molar-refractivity contribution in [1.82, 2.24) is 4.90 Å². The average molecular weight is 236 g/mol. The summed E-state index contributed by atoms with van der Waals surface area (Å²) in [6, 6.07) is 3.48. The van der Waals surface area contributed by atoms with Gasteiger partial charge in [-0.25, -0.2) is 0 Å². The van der Waals surface area contributed by atoms with Gasteiger partial charge < -0.3 is 15.1 Å². The van der Waals surface area contributed by atoms with Crippen molar-refractivity contribution in [2.24, 2.45) is 17.6 Å². The van der Waals surface area contributed by atoms with Crippen LogP contribution >= 0.6 is 0 Å². The summed E-state index contributed by atoms with van der Waals surface area (Å²) in [5.74, 6) is 2.30. The van der Waals surface area contributed by atoms with Gasteiger partial charge in [-0.1, -0.05) is 13.8 Å². The van der Waals surface area contributed by atoms with Crippen molar-refractivity contribution in [3.63, 3.8) is 0 Å². The molecule has 1 aliphatic rings. The Bertz CT molecular complexity index is 400. The van der Waals surface area contributed by atoms with Crippen LogP contribution in [0.2, 0.25) is 0 Å². The van der Waals surface area contributed by atoms with Crippen LogP contribution in [0.4, 0.5) is 0 Å². The Morgan fingerprint density at radius 3 is 2.82 bits per heavy atom. The number of nitrogens with two attached hydrogens (primary N) is 1. The minimum Gasteiger partial charge on any atom is -0.455 e. The van der Waals surface area contributed by atoms with Gasteiger partial charge in [-0.2, -0.15) is 0 Å². The minimum atomic E-state index is -0.0107. The van der Waals surface area contributed by atoms with Crippen molar-refractivity contribution in [2.45, 2.75) is 26.8 Å². The van der Waals surface area contributed by atoms with E-state index in [0.717, 1.165) is 19.5 Å². The number of hydrogen-bond donors (Lipinski definition) is 1. The lowest BCUT2D eigenvalue weighted by atomic mass is 9.88. The van der Waals surface area contributed by atoms with E-state index in [4.69, 9.17) is 10.2 Å². The summed E-state index contributed by atoms with van der Waals surface area (Å²) in [6.45, 7) is 6.41. The zero-order valence-electron chi connectivity index (χ0n) is 10.5. The molecule has 94 valence electrons. The van der Waals surface area contributed by atoms with Gasteiger partial charge in [0.15, 0.2) is 5.76 Å². The quantitative estimate of drug-likeness (QED) is 0.852. The van der Waals surface area contributed by atoms with Crippen LogP contribution in [0, 0.1) is 11.8 Å². The summed E-state index contributed by atoms with van der Waals surface area (Å²) in [4.78, 5) is 14.1. The fraction of sp³-hybridized carbons (Fsp3) is 0.615. The van der Waals surface area contributed by atoms with E-state index < -0.39 is 0 Å². The van der Waals surface area contributed by atoms with Crippen molar-refractivity contribution in [2.75, 3.05) is 13.1 Å². The van der Waals surface area contributed by atoms with Crippen LogP contribution in [0.25, 0.3) is 0 Å². The largest absolute Gasteiger partial charge is 0.455 e. The molecule has 1 amide bonds. The maximum absolute atomic E-state index is 12.2. The third-order valence-electron chi connectivity index (χ3n) is 3.69. The molecular formula is C13H20N2O2. The highest BCUT2D eigenvalue weighted by molar-refractivity contribution is 5.91. The lowest BCUT2D eigenvalue weighted by molar-refractivity contribution is 0.0594. The van der Waals surface area contributed by atoms with Crippen molar-refractivity contribution >= 4 is 5.91 Å². The van der Waals surface area contributed by atoms with E-state index in [-0.39, 0.29) is 5.91 Å². The highest BCUT2D eigenvalue weighted by Gasteiger charge is 2.27. The maximum atomic E-state index is 12.2. The zero-order valence-corrected chi connectivity index (χ0v) is 10.5. The van der Waals surface area contributed by atoms with Gasteiger partial charge in [0.05, 0.1) is 6.54 Å². The fourth-order valence-electron chi connectivity index (χ4n) is 2.21. The molecule has 2 unspecified atom stereocenters. The molecule has 2 rings (SSSR count). The number of amides is 1. The van der Waals surface area contributed by atoms with E-state index in [9.17, 15) is 4.79 Å². The third kappa shape index (κ3) is 2.52. The first-order valence-electron chi connectivity index (χ1n) is 6.20. The number of rotatable bonds is 2. The normalized spacial score (nSPS) is 25.0. The van der Waals surface area contributed by atoms with Crippen molar-refractivity contribution in [3.8, 4) is 0 Å². The van der Waals surface area contributed by atoms with Gasteiger partial charge >= 0.3 is 0 Å². The van der Waals surface area contributed by atoms with Crippen LogP contribution in [0.5, 0.6) is 0 Å². The molecule has 0 radical (unpaired) electrons. The SMILES string of the molecule is CC1CCN(C(=O)c2ccc(CN)o2)CC1C. The second-order valence-electron chi connectivity index (χ2n) is 4.96. The standard InChI is InChI=1S/C13H20N2O2/c1-9-5-6-15(8-10(9)2)13(16)12-4-3-11(7-14)17-12/h3-4,9-10H,5-8,14H2,1-2H3. The Kier molecular flexibility index (Phi) is 3.52. The smallest absolute Gasteiger partial charge is 0.289 e. The predicted molar refractivity (Wildman–Crippen MR) is 65.4 cm³/mol. The molecule has 1 aliphatic heterocycles. The molecule has 17 heavy (non-hydrogen) atoms. The molecule has 1 aromatic heterocycles. The van der Waals surface area contributed by atoms with E-state index in [1.165, 1.54) is 0 Å². The summed E-state index contributed by atoms with van der Waals surface area (Å²) in [5, 5.41) is 0. The number of carbonyl (C=O) groups excluding carboxylic acids is 1. The van der Waals surface area contributed by atoms with Gasteiger partial charge in [-0.15, -0.1) is 0 Å². The Morgan fingerprint density at radius 2 is 2.24 bits per heavy atom. The Morgan fingerprint density at radius 1 is 1.47 bits per heavy atom. The molecule has 0 saturated carbocycles. The van der Waals surface area contributed by atoms with E-state index in [1.807, 2.05) is 4.90 Å². The van der Waals surface area contributed by atoms with Gasteiger partial charge in [0, 0.05) is 13.1 Å². The Labute approximate surface area is 102 Å². The van der Waals surface area contributed by atoms with Crippen molar-refractivity contribution in [1.29, 1.82) is 0 Å². The lowest BCUT2D eigenvalue weighted by Crippen LogP contribution is -2.42. The first-order chi connectivity index (χ1) is 8.11. The van der Waals surface area contributed by atoms with Gasteiger partial charge in [-0.3, -0.25) is 4.79 Å². The molecule has 1 fully saturated rings. The third-order valence-corrected chi connectivity index (χ3v) is 3.69. The molecule has 0 aromatic carbocycles. The highest BCUT2D eigenvalue weighted by atomic mass is 16.4. The maximum Gasteiger partial charge on any atom is 0.289 e. The van der Waals surface area contributed by atoms with Gasteiger partial charge in [-0.05, 0) is 30.4 Å². The molecule has 2 atom stereocenters. The molecule has 2 heterocycles. The molecule has 1 aromatic rings. The van der Waals surface area contributed by atoms with E-state index in [2.05, 4.69) is 13.8 Å². The molecule has 0 bridgehead atoms. The van der Waals surface area contributed by atoms with Crippen LogP contribution in [0.3, 0.4) is 0 Å². The topological polar surface area (TPSA) is 59.5 Å². The summed E-state index contributed by atoms with van der Waals surface area (Å²) in [7, 11) is 0. The number of carbonyl (C=O) groups is 1. The highest BCUT2D eigenvalue weighted by Crippen LogP contribution is 2.24. The summed E-state index contributed by atoms with van der Waals surface area (Å²) >= 11 is 0. The predicted octanol–water partition coefficient (Wildman–Crippen LogP) is 1.86. The minimum absolute atomic E-state index is 0.0107. The van der Waals surface area contributed by atoms with Crippen LogP contribution in [-0.4, -0.2) is 23.9 Å². The summed E-state index contributed by atoms with van der Waals surface area (Å²) in [5.41, 5.74) is 5.46. The summed E-state index contributed by atoms with van der Waals surface area (Å²) < 4.78 is 5.39. The van der Waals surface area contributed by atoms with Crippen LogP contribution < -0.4 is 5.73 Å². The Hall–Kier alpha value is -1.29. The Balaban J connectivity index is 2.05. The number of likely N-dealkylation sites (tertiary alicyclic amines) is 1. The number of piperidine rings is 1. The summed E-state index contributed by atoms with van der Waals surface area (Å²) in [6.07, 6.45) is 1.07. The average Bonchev–Trinajstić information content (AvgIpc) is 2.80. The van der Waals surface area contributed by atoms with Gasteiger partial charge in [0.1, 0.15) is 5.76 Å². The molecular weight excluding hydrogens is 216 g/mol. The van der Waals surface area contributed by atoms with E-state index >= 15 is 0 Å². The molecule has 0 aliphatic carbocycles. The first-order valence-corrected chi connectivity index (χ1v) is 6.20. The van der Waals surface area contributed by atoms with Gasteiger partial charge in [0.25, 0.3) is 5.91 Å². The van der Waals surface area contributed by atoms with Crippen molar-refractivity contribution < 1.29 is 9.21 Å². The van der Waals surface area contributed by atoms with E-state index in [1.54, 1.807) is 12.1 Å². The van der Waals surface area contributed by atoms with Gasteiger partial charge in [0.2, 0.25) is 0 Å². The van der Waals surface area contributed by atoms with E-state index in [0.29, 0.717) is 29.9 Å². The zero-order chi connectivity index (χ0) is 12.4. The second kappa shape index (κ2) is 4.92. The number of nitrogens with zero attached hydrogens (tertiary/aromatic N) is 1. The molecule has 4 heteroatoms.